The van der Waals surface area contributed by atoms with Crippen molar-refractivity contribution in [2.24, 2.45) is 0 Å². The van der Waals surface area contributed by atoms with Gasteiger partial charge in [0.2, 0.25) is 5.75 Å². The summed E-state index contributed by atoms with van der Waals surface area (Å²) in [6, 6.07) is 4.77. The molecule has 0 amide bonds. The molecule has 0 bridgehead atoms. The van der Waals surface area contributed by atoms with Gasteiger partial charge in [-0.3, -0.25) is 9.59 Å². The van der Waals surface area contributed by atoms with E-state index < -0.39 is 10.5 Å². The van der Waals surface area contributed by atoms with E-state index in [1.165, 1.54) is 7.11 Å². The molecule has 0 atom stereocenters. The van der Waals surface area contributed by atoms with Crippen LogP contribution in [0.15, 0.2) is 18.2 Å². The average molecular weight is 293 g/mol. The van der Waals surface area contributed by atoms with Gasteiger partial charge in [-0.25, -0.2) is 0 Å². The number of halogens is 2. The zero-order valence-corrected chi connectivity index (χ0v) is 11.0. The van der Waals surface area contributed by atoms with E-state index in [2.05, 4.69) is 0 Å². The standard InChI is InChI=1S/C11H10Cl2O5/c1-16-11-7(17-5-9(12)14)3-2-4-8(11)18-6-10(13)15/h2-4H,5-6H2,1H3. The molecule has 0 aliphatic rings. The molecule has 7 heteroatoms. The van der Waals surface area contributed by atoms with Gasteiger partial charge in [0.25, 0.3) is 10.5 Å². The van der Waals surface area contributed by atoms with E-state index in [1.54, 1.807) is 18.2 Å². The largest absolute Gasteiger partial charge is 0.490 e. The first-order valence-electron chi connectivity index (χ1n) is 4.84. The summed E-state index contributed by atoms with van der Waals surface area (Å²) >= 11 is 10.3. The Bertz CT molecular complexity index is 411. The first-order chi connectivity index (χ1) is 8.54. The number of carbonyl (C=O) groups excluding carboxylic acids is 2. The van der Waals surface area contributed by atoms with E-state index in [0.29, 0.717) is 0 Å². The van der Waals surface area contributed by atoms with Crippen molar-refractivity contribution < 1.29 is 23.8 Å². The Labute approximate surface area is 114 Å². The Kier molecular flexibility index (Phi) is 5.74. The number of ether oxygens (including phenoxy) is 3. The highest BCUT2D eigenvalue weighted by Gasteiger charge is 2.13. The summed E-state index contributed by atoms with van der Waals surface area (Å²) in [5, 5.41) is -1.28. The zero-order chi connectivity index (χ0) is 13.5. The van der Waals surface area contributed by atoms with E-state index in [9.17, 15) is 9.59 Å². The molecule has 0 spiro atoms. The molecule has 1 aromatic rings. The second kappa shape index (κ2) is 7.08. The van der Waals surface area contributed by atoms with Crippen molar-refractivity contribution in [2.75, 3.05) is 20.3 Å². The summed E-state index contributed by atoms with van der Waals surface area (Å²) in [6.45, 7) is -0.592. The SMILES string of the molecule is COc1c(OCC(=O)Cl)cccc1OCC(=O)Cl. The van der Waals surface area contributed by atoms with Crippen LogP contribution in [0.4, 0.5) is 0 Å². The minimum atomic E-state index is -0.640. The van der Waals surface area contributed by atoms with Gasteiger partial charge in [0.1, 0.15) is 0 Å². The molecule has 1 aromatic carbocycles. The molecule has 18 heavy (non-hydrogen) atoms. The Morgan fingerprint density at radius 3 is 1.83 bits per heavy atom. The van der Waals surface area contributed by atoms with Crippen LogP contribution in [-0.4, -0.2) is 30.8 Å². The van der Waals surface area contributed by atoms with Crippen molar-refractivity contribution in [3.8, 4) is 17.2 Å². The second-order valence-electron chi connectivity index (χ2n) is 3.08. The molecule has 1 rings (SSSR count). The third kappa shape index (κ3) is 4.43. The van der Waals surface area contributed by atoms with Gasteiger partial charge in [-0.1, -0.05) is 6.07 Å². The van der Waals surface area contributed by atoms with Crippen LogP contribution in [0.25, 0.3) is 0 Å². The molecule has 0 saturated heterocycles. The molecule has 0 aliphatic heterocycles. The highest BCUT2D eigenvalue weighted by Crippen LogP contribution is 2.36. The molecule has 0 fully saturated rings. The molecule has 0 aromatic heterocycles. The smallest absolute Gasteiger partial charge is 0.259 e. The molecular formula is C11H10Cl2O5. The molecule has 0 N–H and O–H groups in total. The van der Waals surface area contributed by atoms with E-state index in [4.69, 9.17) is 37.4 Å². The molecule has 5 nitrogen and oxygen atoms in total. The van der Waals surface area contributed by atoms with Crippen molar-refractivity contribution in [1.29, 1.82) is 0 Å². The number of carbonyl (C=O) groups is 2. The van der Waals surface area contributed by atoms with Crippen LogP contribution in [0.3, 0.4) is 0 Å². The van der Waals surface area contributed by atoms with E-state index in [1.807, 2.05) is 0 Å². The van der Waals surface area contributed by atoms with Crippen molar-refractivity contribution in [3.63, 3.8) is 0 Å². The Balaban J connectivity index is 2.87. The van der Waals surface area contributed by atoms with Gasteiger partial charge in [0.05, 0.1) is 7.11 Å². The van der Waals surface area contributed by atoms with Crippen LogP contribution >= 0.6 is 23.2 Å². The van der Waals surface area contributed by atoms with Gasteiger partial charge in [0, 0.05) is 0 Å². The highest BCUT2D eigenvalue weighted by atomic mass is 35.5. The van der Waals surface area contributed by atoms with E-state index in [0.717, 1.165) is 0 Å². The summed E-state index contributed by atoms with van der Waals surface area (Å²) in [5.74, 6) is 0.824. The number of methoxy groups -OCH3 is 1. The second-order valence-corrected chi connectivity index (χ2v) is 3.92. The highest BCUT2D eigenvalue weighted by molar-refractivity contribution is 6.64. The lowest BCUT2D eigenvalue weighted by atomic mass is 10.3. The van der Waals surface area contributed by atoms with Gasteiger partial charge in [0.15, 0.2) is 24.7 Å². The lowest BCUT2D eigenvalue weighted by molar-refractivity contribution is -0.114. The maximum atomic E-state index is 10.6. The lowest BCUT2D eigenvalue weighted by Gasteiger charge is -2.13. The molecule has 0 aliphatic carbocycles. The number of rotatable bonds is 7. The lowest BCUT2D eigenvalue weighted by Crippen LogP contribution is -2.08. The first-order valence-corrected chi connectivity index (χ1v) is 5.59. The normalized spacial score (nSPS) is 9.72. The molecule has 0 unspecified atom stereocenters. The van der Waals surface area contributed by atoms with Crippen LogP contribution in [-0.2, 0) is 9.59 Å². The fourth-order valence-electron chi connectivity index (χ4n) is 1.19. The fraction of sp³-hybridized carbons (Fsp3) is 0.273. The van der Waals surface area contributed by atoms with Crippen molar-refractivity contribution in [3.05, 3.63) is 18.2 Å². The summed E-state index contributed by atoms with van der Waals surface area (Å²) < 4.78 is 15.3. The van der Waals surface area contributed by atoms with Crippen molar-refractivity contribution >= 4 is 33.7 Å². The summed E-state index contributed by atoms with van der Waals surface area (Å²) in [6.07, 6.45) is 0. The van der Waals surface area contributed by atoms with Crippen molar-refractivity contribution in [1.82, 2.24) is 0 Å². The number of para-hydroxylation sites is 1. The summed E-state index contributed by atoms with van der Waals surface area (Å²) in [7, 11) is 1.40. The zero-order valence-electron chi connectivity index (χ0n) is 9.44. The molecule has 0 radical (unpaired) electrons. The Morgan fingerprint density at radius 1 is 1.06 bits per heavy atom. The minimum Gasteiger partial charge on any atom is -0.490 e. The quantitative estimate of drug-likeness (QED) is 0.719. The molecule has 0 saturated carbocycles. The van der Waals surface area contributed by atoms with Gasteiger partial charge in [-0.05, 0) is 35.3 Å². The minimum absolute atomic E-state index is 0.258. The first kappa shape index (κ1) is 14.6. The van der Waals surface area contributed by atoms with Crippen LogP contribution in [0.2, 0.25) is 0 Å². The number of hydrogen-bond acceptors (Lipinski definition) is 5. The predicted octanol–water partition coefficient (Wildman–Crippen LogP) is 1.98. The van der Waals surface area contributed by atoms with E-state index >= 15 is 0 Å². The topological polar surface area (TPSA) is 61.8 Å². The Morgan fingerprint density at radius 2 is 1.50 bits per heavy atom. The van der Waals surface area contributed by atoms with Gasteiger partial charge in [-0.15, -0.1) is 0 Å². The monoisotopic (exact) mass is 292 g/mol. The predicted molar refractivity (Wildman–Crippen MR) is 65.7 cm³/mol. The van der Waals surface area contributed by atoms with Crippen LogP contribution in [0.1, 0.15) is 0 Å². The van der Waals surface area contributed by atoms with Crippen molar-refractivity contribution in [2.45, 2.75) is 0 Å². The molecular weight excluding hydrogens is 283 g/mol. The number of benzene rings is 1. The van der Waals surface area contributed by atoms with Crippen LogP contribution in [0.5, 0.6) is 17.2 Å². The fourth-order valence-corrected chi connectivity index (χ4v) is 1.30. The molecule has 0 heterocycles. The third-order valence-electron chi connectivity index (χ3n) is 1.83. The van der Waals surface area contributed by atoms with Gasteiger partial charge < -0.3 is 14.2 Å². The maximum absolute atomic E-state index is 10.6. The average Bonchev–Trinajstić information content (AvgIpc) is 2.33. The van der Waals surface area contributed by atoms with Crippen LogP contribution in [0, 0.1) is 0 Å². The van der Waals surface area contributed by atoms with Crippen LogP contribution < -0.4 is 14.2 Å². The Hall–Kier alpha value is -1.46. The van der Waals surface area contributed by atoms with Gasteiger partial charge >= 0.3 is 0 Å². The van der Waals surface area contributed by atoms with E-state index in [-0.39, 0.29) is 30.5 Å². The number of hydrogen-bond donors (Lipinski definition) is 0. The summed E-state index contributed by atoms with van der Waals surface area (Å²) in [5.41, 5.74) is 0. The molecule has 98 valence electrons. The summed E-state index contributed by atoms with van der Waals surface area (Å²) in [4.78, 5) is 21.2. The maximum Gasteiger partial charge on any atom is 0.259 e. The van der Waals surface area contributed by atoms with Gasteiger partial charge in [-0.2, -0.15) is 0 Å². The third-order valence-corrected chi connectivity index (χ3v) is 2.05.